The van der Waals surface area contributed by atoms with Gasteiger partial charge in [-0.1, -0.05) is 43.2 Å². The van der Waals surface area contributed by atoms with Crippen LogP contribution in [0.4, 0.5) is 0 Å². The first-order chi connectivity index (χ1) is 15.1. The van der Waals surface area contributed by atoms with E-state index in [1.165, 1.54) is 12.8 Å². The highest BCUT2D eigenvalue weighted by Gasteiger charge is 2.40. The first-order valence-corrected chi connectivity index (χ1v) is 11.6. The number of carbonyl (C=O) groups is 2. The molecule has 4 rings (SSSR count). The van der Waals surface area contributed by atoms with Crippen molar-refractivity contribution in [2.24, 2.45) is 0 Å². The Morgan fingerprint density at radius 1 is 1.06 bits per heavy atom. The van der Waals surface area contributed by atoms with Crippen LogP contribution in [0.5, 0.6) is 0 Å². The van der Waals surface area contributed by atoms with Crippen LogP contribution in [-0.4, -0.2) is 72.0 Å². The summed E-state index contributed by atoms with van der Waals surface area (Å²) < 4.78 is 11.9. The maximum absolute atomic E-state index is 13.1. The van der Waals surface area contributed by atoms with Gasteiger partial charge in [-0.3, -0.25) is 9.59 Å². The highest BCUT2D eigenvalue weighted by molar-refractivity contribution is 5.79. The fourth-order valence-corrected chi connectivity index (χ4v) is 5.06. The van der Waals surface area contributed by atoms with Crippen molar-refractivity contribution in [3.63, 3.8) is 0 Å². The lowest BCUT2D eigenvalue weighted by Gasteiger charge is -2.44. The van der Waals surface area contributed by atoms with E-state index in [1.54, 1.807) is 4.90 Å². The van der Waals surface area contributed by atoms with E-state index in [9.17, 15) is 14.7 Å². The third-order valence-corrected chi connectivity index (χ3v) is 6.63. The molecule has 2 aliphatic heterocycles. The molecular formula is C24H34N2O5. The molecule has 170 valence electrons. The number of ether oxygens (including phenoxy) is 2. The van der Waals surface area contributed by atoms with Crippen molar-refractivity contribution in [1.82, 2.24) is 10.2 Å². The predicted molar refractivity (Wildman–Crippen MR) is 115 cm³/mol. The molecule has 31 heavy (non-hydrogen) atoms. The number of nitrogens with one attached hydrogen (secondary N) is 1. The number of hydrogen-bond donors (Lipinski definition) is 2. The summed E-state index contributed by atoms with van der Waals surface area (Å²) in [7, 11) is 0. The number of aliphatic hydroxyl groups excluding tert-OH is 1. The van der Waals surface area contributed by atoms with Gasteiger partial charge in [-0.05, 0) is 31.2 Å². The standard InChI is InChI=1S/C24H34N2O5/c27-19-14-26(24(29)12-17-6-2-1-3-7-17)21-11-10-20(31-22(21)16-30-15-19)13-23(28)25-18-8-4-5-9-18/h1-3,6-7,18-22,27H,4-5,8-16H2,(H,25,28)/t19-,20+,21-,22+/m0/s1. The van der Waals surface area contributed by atoms with Gasteiger partial charge in [-0.2, -0.15) is 0 Å². The molecule has 7 heteroatoms. The van der Waals surface area contributed by atoms with E-state index in [0.717, 1.165) is 24.8 Å². The summed E-state index contributed by atoms with van der Waals surface area (Å²) in [5.41, 5.74) is 0.954. The van der Waals surface area contributed by atoms with Gasteiger partial charge in [-0.25, -0.2) is 0 Å². The lowest BCUT2D eigenvalue weighted by atomic mass is 9.94. The van der Waals surface area contributed by atoms with E-state index < -0.39 is 6.10 Å². The molecule has 2 heterocycles. The number of benzene rings is 1. The summed E-state index contributed by atoms with van der Waals surface area (Å²) in [5.74, 6) is 0.0396. The molecule has 1 aliphatic carbocycles. The van der Waals surface area contributed by atoms with Crippen LogP contribution >= 0.6 is 0 Å². The minimum absolute atomic E-state index is 0.0109. The van der Waals surface area contributed by atoms with Gasteiger partial charge in [0.25, 0.3) is 0 Å². The Balaban J connectivity index is 1.38. The second-order valence-electron chi connectivity index (χ2n) is 9.09. The molecule has 0 unspecified atom stereocenters. The highest BCUT2D eigenvalue weighted by atomic mass is 16.5. The summed E-state index contributed by atoms with van der Waals surface area (Å²) in [6.45, 7) is 0.731. The van der Waals surface area contributed by atoms with Crippen LogP contribution in [0, 0.1) is 0 Å². The van der Waals surface area contributed by atoms with Crippen molar-refractivity contribution >= 4 is 11.8 Å². The average Bonchev–Trinajstić information content (AvgIpc) is 3.25. The van der Waals surface area contributed by atoms with Crippen molar-refractivity contribution in [1.29, 1.82) is 0 Å². The molecule has 0 radical (unpaired) electrons. The van der Waals surface area contributed by atoms with Crippen molar-refractivity contribution in [3.8, 4) is 0 Å². The van der Waals surface area contributed by atoms with E-state index in [-0.39, 0.29) is 43.2 Å². The zero-order chi connectivity index (χ0) is 21.6. The maximum atomic E-state index is 13.1. The van der Waals surface area contributed by atoms with E-state index in [1.807, 2.05) is 30.3 Å². The molecule has 1 saturated carbocycles. The van der Waals surface area contributed by atoms with Gasteiger partial charge in [0.1, 0.15) is 6.10 Å². The third-order valence-electron chi connectivity index (χ3n) is 6.63. The Labute approximate surface area is 184 Å². The fourth-order valence-electron chi connectivity index (χ4n) is 5.06. The Hall–Kier alpha value is -1.96. The summed E-state index contributed by atoms with van der Waals surface area (Å²) in [6.07, 6.45) is 5.43. The van der Waals surface area contributed by atoms with Crippen LogP contribution in [0.2, 0.25) is 0 Å². The molecule has 2 N–H and O–H groups in total. The van der Waals surface area contributed by atoms with Crippen LogP contribution in [-0.2, 0) is 25.5 Å². The van der Waals surface area contributed by atoms with Gasteiger partial charge in [0, 0.05) is 12.6 Å². The second kappa shape index (κ2) is 10.6. The summed E-state index contributed by atoms with van der Waals surface area (Å²) in [4.78, 5) is 27.4. The van der Waals surface area contributed by atoms with Gasteiger partial charge in [0.05, 0.1) is 44.3 Å². The number of rotatable bonds is 5. The van der Waals surface area contributed by atoms with Crippen molar-refractivity contribution < 1.29 is 24.2 Å². The van der Waals surface area contributed by atoms with Crippen molar-refractivity contribution in [2.45, 2.75) is 81.8 Å². The van der Waals surface area contributed by atoms with Crippen LogP contribution in [0.3, 0.4) is 0 Å². The minimum Gasteiger partial charge on any atom is -0.389 e. The Morgan fingerprint density at radius 2 is 1.84 bits per heavy atom. The van der Waals surface area contributed by atoms with Crippen LogP contribution in [0.1, 0.15) is 50.5 Å². The first kappa shape index (κ1) is 22.2. The summed E-state index contributed by atoms with van der Waals surface area (Å²) >= 11 is 0. The van der Waals surface area contributed by atoms with Gasteiger partial charge in [0.15, 0.2) is 0 Å². The maximum Gasteiger partial charge on any atom is 0.227 e. The zero-order valence-corrected chi connectivity index (χ0v) is 18.1. The Morgan fingerprint density at radius 3 is 2.61 bits per heavy atom. The quantitative estimate of drug-likeness (QED) is 0.744. The topological polar surface area (TPSA) is 88.1 Å². The summed E-state index contributed by atoms with van der Waals surface area (Å²) in [6, 6.07) is 9.81. The number of nitrogens with zero attached hydrogens (tertiary/aromatic N) is 1. The molecule has 0 aromatic heterocycles. The number of fused-ring (bicyclic) bond motifs is 1. The monoisotopic (exact) mass is 430 g/mol. The smallest absolute Gasteiger partial charge is 0.227 e. The lowest BCUT2D eigenvalue weighted by Crippen LogP contribution is -2.58. The molecule has 0 bridgehead atoms. The first-order valence-electron chi connectivity index (χ1n) is 11.6. The fraction of sp³-hybridized carbons (Fsp3) is 0.667. The molecule has 2 amide bonds. The van der Waals surface area contributed by atoms with Crippen molar-refractivity contribution in [3.05, 3.63) is 35.9 Å². The molecule has 3 fully saturated rings. The molecule has 1 aromatic rings. The normalized spacial score (nSPS) is 29.6. The number of aliphatic hydroxyl groups is 1. The SMILES string of the molecule is O=C(C[C@H]1CC[C@H]2[C@@H](COC[C@@H](O)CN2C(=O)Cc2ccccc2)O1)NC1CCCC1. The predicted octanol–water partition coefficient (Wildman–Crippen LogP) is 1.81. The lowest BCUT2D eigenvalue weighted by molar-refractivity contribution is -0.169. The molecule has 4 atom stereocenters. The molecule has 1 aromatic carbocycles. The second-order valence-corrected chi connectivity index (χ2v) is 9.09. The van der Waals surface area contributed by atoms with Gasteiger partial charge >= 0.3 is 0 Å². The highest BCUT2D eigenvalue weighted by Crippen LogP contribution is 2.28. The number of carbonyl (C=O) groups excluding carboxylic acids is 2. The van der Waals surface area contributed by atoms with Crippen LogP contribution < -0.4 is 5.32 Å². The minimum atomic E-state index is -0.712. The van der Waals surface area contributed by atoms with E-state index >= 15 is 0 Å². The average molecular weight is 431 g/mol. The number of amides is 2. The van der Waals surface area contributed by atoms with E-state index in [4.69, 9.17) is 9.47 Å². The van der Waals surface area contributed by atoms with Crippen molar-refractivity contribution in [2.75, 3.05) is 19.8 Å². The number of β-amino-alcohol motifs (C(OH)–C–C–N with tert-alkyl or cyclic N) is 1. The Kier molecular flexibility index (Phi) is 7.58. The largest absolute Gasteiger partial charge is 0.389 e. The van der Waals surface area contributed by atoms with Gasteiger partial charge in [0.2, 0.25) is 11.8 Å². The van der Waals surface area contributed by atoms with Gasteiger partial charge in [-0.15, -0.1) is 0 Å². The molecule has 3 aliphatic rings. The summed E-state index contributed by atoms with van der Waals surface area (Å²) in [5, 5.41) is 13.4. The molecule has 0 spiro atoms. The van der Waals surface area contributed by atoms with Crippen LogP contribution in [0.15, 0.2) is 30.3 Å². The van der Waals surface area contributed by atoms with Gasteiger partial charge < -0.3 is 24.8 Å². The zero-order valence-electron chi connectivity index (χ0n) is 18.1. The Bertz CT molecular complexity index is 737. The molecule has 2 saturated heterocycles. The third kappa shape index (κ3) is 6.05. The van der Waals surface area contributed by atoms with Crippen LogP contribution in [0.25, 0.3) is 0 Å². The molecular weight excluding hydrogens is 396 g/mol. The molecule has 7 nitrogen and oxygen atoms in total. The number of hydrogen-bond acceptors (Lipinski definition) is 5. The van der Waals surface area contributed by atoms with E-state index in [2.05, 4.69) is 5.32 Å². The van der Waals surface area contributed by atoms with E-state index in [0.29, 0.717) is 31.9 Å².